The number of hydrogen-bond donors (Lipinski definition) is 3. The van der Waals surface area contributed by atoms with E-state index in [1.165, 1.54) is 19.5 Å². The predicted molar refractivity (Wildman–Crippen MR) is 119 cm³/mol. The summed E-state index contributed by atoms with van der Waals surface area (Å²) in [6.45, 7) is 2.32. The lowest BCUT2D eigenvalue weighted by Crippen LogP contribution is -2.24. The van der Waals surface area contributed by atoms with Crippen LogP contribution in [0.25, 0.3) is 11.0 Å². The summed E-state index contributed by atoms with van der Waals surface area (Å²) in [6.07, 6.45) is 1.30. The molecule has 0 aliphatic rings. The minimum absolute atomic E-state index is 0.154. The smallest absolute Gasteiger partial charge is 0.337 e. The van der Waals surface area contributed by atoms with Crippen molar-refractivity contribution in [3.8, 4) is 0 Å². The van der Waals surface area contributed by atoms with Crippen LogP contribution in [0.3, 0.4) is 0 Å². The predicted octanol–water partition coefficient (Wildman–Crippen LogP) is 3.13. The third kappa shape index (κ3) is 4.79. The zero-order valence-corrected chi connectivity index (χ0v) is 18.0. The molecule has 10 heteroatoms. The first-order chi connectivity index (χ1) is 16.0. The number of rotatable bonds is 7. The lowest BCUT2D eigenvalue weighted by Gasteiger charge is -2.07. The van der Waals surface area contributed by atoms with E-state index in [0.29, 0.717) is 34.5 Å². The monoisotopic (exact) mass is 448 g/mol. The molecule has 4 aromatic rings. The molecule has 0 radical (unpaired) electrons. The number of benzene rings is 2. The maximum absolute atomic E-state index is 13.4. The third-order valence-electron chi connectivity index (χ3n) is 5.08. The van der Waals surface area contributed by atoms with E-state index in [9.17, 15) is 14.0 Å². The zero-order valence-electron chi connectivity index (χ0n) is 18.0. The van der Waals surface area contributed by atoms with Crippen LogP contribution in [-0.4, -0.2) is 39.2 Å². The number of anilines is 1. The Bertz CT molecular complexity index is 1320. The molecule has 2 aromatic carbocycles. The number of halogens is 1. The molecular formula is C23H21FN6O3. The zero-order chi connectivity index (χ0) is 23.4. The Kier molecular flexibility index (Phi) is 6.25. The van der Waals surface area contributed by atoms with Gasteiger partial charge < -0.3 is 15.4 Å². The van der Waals surface area contributed by atoms with E-state index < -0.39 is 11.9 Å². The molecule has 0 aliphatic carbocycles. The minimum Gasteiger partial charge on any atom is -0.465 e. The lowest BCUT2D eigenvalue weighted by molar-refractivity contribution is 0.0600. The van der Waals surface area contributed by atoms with Gasteiger partial charge in [0, 0.05) is 13.1 Å². The van der Waals surface area contributed by atoms with E-state index in [1.54, 1.807) is 43.3 Å². The summed E-state index contributed by atoms with van der Waals surface area (Å²) in [7, 11) is 1.33. The van der Waals surface area contributed by atoms with Crippen LogP contribution in [-0.2, 0) is 17.8 Å². The molecule has 0 fully saturated rings. The summed E-state index contributed by atoms with van der Waals surface area (Å²) in [5.41, 5.74) is 3.69. The molecule has 1 amide bonds. The number of fused-ring (bicyclic) bond motifs is 1. The molecule has 0 spiro atoms. The summed E-state index contributed by atoms with van der Waals surface area (Å²) in [5.74, 6) is -0.630. The van der Waals surface area contributed by atoms with Gasteiger partial charge in [-0.3, -0.25) is 9.89 Å². The number of nitrogens with zero attached hydrogens (tertiary/aromatic N) is 3. The molecule has 0 atom stereocenters. The number of aromatic amines is 1. The molecule has 168 valence electrons. The van der Waals surface area contributed by atoms with Crippen LogP contribution in [0.15, 0.2) is 48.8 Å². The Morgan fingerprint density at radius 3 is 2.55 bits per heavy atom. The van der Waals surface area contributed by atoms with Crippen molar-refractivity contribution in [2.24, 2.45) is 0 Å². The Morgan fingerprint density at radius 2 is 1.82 bits per heavy atom. The summed E-state index contributed by atoms with van der Waals surface area (Å²) < 4.78 is 18.1. The highest BCUT2D eigenvalue weighted by molar-refractivity contribution is 6.04. The van der Waals surface area contributed by atoms with Gasteiger partial charge in [0.15, 0.2) is 11.5 Å². The molecule has 2 heterocycles. The molecule has 33 heavy (non-hydrogen) atoms. The van der Waals surface area contributed by atoms with Gasteiger partial charge in [-0.15, -0.1) is 0 Å². The number of carbonyl (C=O) groups excluding carboxylic acids is 2. The number of aryl methyl sites for hydroxylation is 1. The van der Waals surface area contributed by atoms with Gasteiger partial charge >= 0.3 is 5.97 Å². The Balaban J connectivity index is 1.45. The van der Waals surface area contributed by atoms with Crippen molar-refractivity contribution in [3.63, 3.8) is 0 Å². The van der Waals surface area contributed by atoms with Crippen molar-refractivity contribution in [2.75, 3.05) is 12.4 Å². The van der Waals surface area contributed by atoms with Gasteiger partial charge in [-0.1, -0.05) is 24.3 Å². The Hall–Kier alpha value is -4.34. The quantitative estimate of drug-likeness (QED) is 0.371. The molecule has 0 saturated carbocycles. The second-order valence-corrected chi connectivity index (χ2v) is 7.33. The summed E-state index contributed by atoms with van der Waals surface area (Å²) in [5, 5.41) is 13.0. The topological polar surface area (TPSA) is 122 Å². The van der Waals surface area contributed by atoms with Gasteiger partial charge in [0.1, 0.15) is 23.2 Å². The third-order valence-corrected chi connectivity index (χ3v) is 5.08. The van der Waals surface area contributed by atoms with Crippen molar-refractivity contribution in [1.82, 2.24) is 25.5 Å². The number of carbonyl (C=O) groups is 2. The second-order valence-electron chi connectivity index (χ2n) is 7.33. The van der Waals surface area contributed by atoms with Gasteiger partial charge in [0.05, 0.1) is 12.7 Å². The fraction of sp³-hybridized carbons (Fsp3) is 0.174. The normalized spacial score (nSPS) is 10.8. The first-order valence-electron chi connectivity index (χ1n) is 10.1. The van der Waals surface area contributed by atoms with Gasteiger partial charge in [-0.2, -0.15) is 5.10 Å². The molecule has 0 unspecified atom stereocenters. The Morgan fingerprint density at radius 1 is 1.06 bits per heavy atom. The first kappa shape index (κ1) is 21.9. The number of ether oxygens (including phenoxy) is 1. The van der Waals surface area contributed by atoms with Gasteiger partial charge in [-0.05, 0) is 41.8 Å². The maximum atomic E-state index is 13.4. The standard InChI is InChI=1S/C23H21FN6O3/c1-13-9-15(5-8-17(13)24)11-26-22(31)20-18-19(27-12-28-20)21(30-29-18)25-10-14-3-6-16(7-4-14)23(32)33-2/h3-9,12H,10-11H2,1-2H3,(H,26,31)(H2,25,29,30). The van der Waals surface area contributed by atoms with Crippen LogP contribution in [0, 0.1) is 12.7 Å². The molecule has 0 bridgehead atoms. The van der Waals surface area contributed by atoms with Crippen LogP contribution >= 0.6 is 0 Å². The molecule has 0 saturated heterocycles. The SMILES string of the molecule is COC(=O)c1ccc(CNc2n[nH]c3c(C(=O)NCc4ccc(F)c(C)c4)ncnc23)cc1. The van der Waals surface area contributed by atoms with E-state index in [0.717, 1.165) is 11.1 Å². The number of nitrogens with one attached hydrogen (secondary N) is 3. The van der Waals surface area contributed by atoms with Crippen molar-refractivity contribution in [3.05, 3.63) is 82.6 Å². The number of H-pyrrole nitrogens is 1. The average Bonchev–Trinajstić information content (AvgIpc) is 3.26. The highest BCUT2D eigenvalue weighted by Gasteiger charge is 2.17. The largest absolute Gasteiger partial charge is 0.465 e. The van der Waals surface area contributed by atoms with Crippen molar-refractivity contribution in [1.29, 1.82) is 0 Å². The number of methoxy groups -OCH3 is 1. The molecule has 9 nitrogen and oxygen atoms in total. The fourth-order valence-corrected chi connectivity index (χ4v) is 3.28. The lowest BCUT2D eigenvalue weighted by atomic mass is 10.1. The highest BCUT2D eigenvalue weighted by atomic mass is 19.1. The second kappa shape index (κ2) is 9.43. The number of amides is 1. The summed E-state index contributed by atoms with van der Waals surface area (Å²) in [6, 6.07) is 11.6. The number of hydrogen-bond acceptors (Lipinski definition) is 7. The van der Waals surface area contributed by atoms with Crippen molar-refractivity contribution >= 4 is 28.7 Å². The van der Waals surface area contributed by atoms with E-state index in [2.05, 4.69) is 30.8 Å². The molecule has 4 rings (SSSR count). The minimum atomic E-state index is -0.405. The van der Waals surface area contributed by atoms with Gasteiger partial charge in [0.2, 0.25) is 0 Å². The summed E-state index contributed by atoms with van der Waals surface area (Å²) >= 11 is 0. The summed E-state index contributed by atoms with van der Waals surface area (Å²) in [4.78, 5) is 32.6. The van der Waals surface area contributed by atoms with Crippen LogP contribution in [0.4, 0.5) is 10.2 Å². The van der Waals surface area contributed by atoms with Gasteiger partial charge in [-0.25, -0.2) is 19.2 Å². The molecular weight excluding hydrogens is 427 g/mol. The Labute approximate surface area is 188 Å². The fourth-order valence-electron chi connectivity index (χ4n) is 3.28. The first-order valence-corrected chi connectivity index (χ1v) is 10.1. The van der Waals surface area contributed by atoms with E-state index in [-0.39, 0.29) is 18.1 Å². The molecule has 2 aromatic heterocycles. The maximum Gasteiger partial charge on any atom is 0.337 e. The van der Waals surface area contributed by atoms with Crippen LogP contribution in [0.2, 0.25) is 0 Å². The highest BCUT2D eigenvalue weighted by Crippen LogP contribution is 2.20. The average molecular weight is 448 g/mol. The number of aromatic nitrogens is 4. The number of esters is 1. The van der Waals surface area contributed by atoms with Gasteiger partial charge in [0.25, 0.3) is 5.91 Å². The van der Waals surface area contributed by atoms with E-state index >= 15 is 0 Å². The van der Waals surface area contributed by atoms with Crippen LogP contribution in [0.1, 0.15) is 37.5 Å². The van der Waals surface area contributed by atoms with Crippen LogP contribution < -0.4 is 10.6 Å². The van der Waals surface area contributed by atoms with Crippen molar-refractivity contribution in [2.45, 2.75) is 20.0 Å². The van der Waals surface area contributed by atoms with Crippen LogP contribution in [0.5, 0.6) is 0 Å². The van der Waals surface area contributed by atoms with E-state index in [1.807, 2.05) is 0 Å². The molecule has 3 N–H and O–H groups in total. The van der Waals surface area contributed by atoms with E-state index in [4.69, 9.17) is 4.74 Å². The van der Waals surface area contributed by atoms with Crippen molar-refractivity contribution < 1.29 is 18.7 Å². The molecule has 0 aliphatic heterocycles.